The Morgan fingerprint density at radius 1 is 0.667 bits per heavy atom. The predicted octanol–water partition coefficient (Wildman–Crippen LogP) is 8.31. The molecule has 0 amide bonds. The van der Waals surface area contributed by atoms with Crippen LogP contribution >= 0.6 is 23.2 Å². The van der Waals surface area contributed by atoms with Crippen LogP contribution in [0.15, 0.2) is 97.1 Å². The van der Waals surface area contributed by atoms with Crippen molar-refractivity contribution in [1.29, 1.82) is 0 Å². The quantitative estimate of drug-likeness (QED) is 0.215. The number of halogens is 2. The monoisotopic (exact) mass is 552 g/mol. The highest BCUT2D eigenvalue weighted by molar-refractivity contribution is 6.31. The molecule has 1 unspecified atom stereocenters. The van der Waals surface area contributed by atoms with Crippen LogP contribution in [0.5, 0.6) is 23.0 Å². The number of phenols is 2. The smallest absolute Gasteiger partial charge is 0.340 e. The second-order valence-electron chi connectivity index (χ2n) is 9.43. The van der Waals surface area contributed by atoms with Gasteiger partial charge < -0.3 is 19.7 Å². The molecule has 2 N–H and O–H groups in total. The summed E-state index contributed by atoms with van der Waals surface area (Å²) in [5.41, 5.74) is 3.27. The van der Waals surface area contributed by atoms with Crippen molar-refractivity contribution in [3.63, 3.8) is 0 Å². The van der Waals surface area contributed by atoms with E-state index < -0.39 is 11.6 Å². The first-order valence-electron chi connectivity index (χ1n) is 12.1. The third kappa shape index (κ3) is 3.44. The molecular weight excluding hydrogens is 535 g/mol. The van der Waals surface area contributed by atoms with Crippen LogP contribution in [-0.2, 0) is 10.3 Å². The number of phenolic OH excluding ortho intramolecular Hbond substituents is 2. The summed E-state index contributed by atoms with van der Waals surface area (Å²) in [6.45, 7) is 0. The second kappa shape index (κ2) is 8.53. The van der Waals surface area contributed by atoms with E-state index in [0.29, 0.717) is 54.7 Å². The molecule has 1 atom stereocenters. The normalized spacial score (nSPS) is 16.7. The molecule has 0 aromatic heterocycles. The number of aromatic hydroxyl groups is 2. The van der Waals surface area contributed by atoms with Gasteiger partial charge in [0, 0.05) is 44.4 Å². The van der Waals surface area contributed by atoms with Gasteiger partial charge in [-0.05, 0) is 53.6 Å². The van der Waals surface area contributed by atoms with Gasteiger partial charge in [-0.25, -0.2) is 4.79 Å². The number of ether oxygens (including phenoxy) is 2. The summed E-state index contributed by atoms with van der Waals surface area (Å²) < 4.78 is 12.7. The average Bonchev–Trinajstić information content (AvgIpc) is 3.21. The molecule has 7 rings (SSSR count). The van der Waals surface area contributed by atoms with Gasteiger partial charge in [-0.1, -0.05) is 65.7 Å². The predicted molar refractivity (Wildman–Crippen MR) is 149 cm³/mol. The number of esters is 1. The summed E-state index contributed by atoms with van der Waals surface area (Å²) in [7, 11) is 0. The number of fused-ring (bicyclic) bond motifs is 6. The van der Waals surface area contributed by atoms with Crippen molar-refractivity contribution >= 4 is 29.2 Å². The van der Waals surface area contributed by atoms with E-state index >= 15 is 0 Å². The van der Waals surface area contributed by atoms with Crippen LogP contribution in [-0.4, -0.2) is 16.2 Å². The maximum absolute atomic E-state index is 13.4. The zero-order valence-corrected chi connectivity index (χ0v) is 21.6. The molecule has 0 saturated carbocycles. The summed E-state index contributed by atoms with van der Waals surface area (Å²) >= 11 is 12.4. The van der Waals surface area contributed by atoms with Gasteiger partial charge in [-0.15, -0.1) is 0 Å². The lowest BCUT2D eigenvalue weighted by Gasteiger charge is -2.39. The largest absolute Gasteiger partial charge is 0.508 e. The highest BCUT2D eigenvalue weighted by atomic mass is 35.5. The molecule has 2 heterocycles. The molecule has 0 bridgehead atoms. The van der Waals surface area contributed by atoms with E-state index in [9.17, 15) is 15.0 Å². The zero-order valence-electron chi connectivity index (χ0n) is 20.1. The minimum atomic E-state index is -1.42. The van der Waals surface area contributed by atoms with E-state index in [1.807, 2.05) is 36.4 Å². The van der Waals surface area contributed by atoms with Crippen molar-refractivity contribution in [3.05, 3.63) is 129 Å². The van der Waals surface area contributed by atoms with E-state index in [1.54, 1.807) is 42.5 Å². The van der Waals surface area contributed by atoms with Crippen molar-refractivity contribution in [3.8, 4) is 45.3 Å². The van der Waals surface area contributed by atoms with Crippen molar-refractivity contribution in [2.45, 2.75) is 5.60 Å². The molecule has 5 aromatic rings. The van der Waals surface area contributed by atoms with Gasteiger partial charge in [-0.3, -0.25) is 0 Å². The molecule has 0 saturated heterocycles. The Bertz CT molecular complexity index is 1810. The third-order valence-corrected chi connectivity index (χ3v) is 7.73. The Morgan fingerprint density at radius 2 is 1.31 bits per heavy atom. The Hall–Kier alpha value is -4.45. The first kappa shape index (κ1) is 23.7. The molecule has 39 heavy (non-hydrogen) atoms. The second-order valence-corrected chi connectivity index (χ2v) is 10.3. The first-order chi connectivity index (χ1) is 18.9. The van der Waals surface area contributed by atoms with Crippen LogP contribution in [0, 0.1) is 0 Å². The molecule has 2 aliphatic heterocycles. The van der Waals surface area contributed by atoms with Gasteiger partial charge in [0.05, 0.1) is 11.1 Å². The summed E-state index contributed by atoms with van der Waals surface area (Å²) in [5, 5.41) is 22.9. The molecule has 5 nitrogen and oxygen atoms in total. The molecule has 0 fully saturated rings. The lowest BCUT2D eigenvalue weighted by atomic mass is 9.73. The highest BCUT2D eigenvalue weighted by Crippen LogP contribution is 2.61. The van der Waals surface area contributed by atoms with E-state index in [0.717, 1.165) is 5.56 Å². The maximum Gasteiger partial charge on any atom is 0.340 e. The highest BCUT2D eigenvalue weighted by Gasteiger charge is 2.55. The zero-order chi connectivity index (χ0) is 26.9. The maximum atomic E-state index is 13.4. The SMILES string of the molecule is O=C1OC2(c3ccc(O)cc3Oc3cc(O)c(-c4ccc(Cl)cc4)c(-c4ccc(Cl)cc4)c32)c2ccccc21. The molecule has 2 aliphatic rings. The molecule has 190 valence electrons. The molecule has 7 heteroatoms. The average molecular weight is 553 g/mol. The van der Waals surface area contributed by atoms with Crippen LogP contribution in [0.3, 0.4) is 0 Å². The van der Waals surface area contributed by atoms with Gasteiger partial charge >= 0.3 is 5.97 Å². The van der Waals surface area contributed by atoms with E-state index in [1.165, 1.54) is 18.2 Å². The minimum Gasteiger partial charge on any atom is -0.508 e. The van der Waals surface area contributed by atoms with Gasteiger partial charge in [0.2, 0.25) is 0 Å². The Labute approximate surface area is 233 Å². The van der Waals surface area contributed by atoms with Crippen molar-refractivity contribution in [1.82, 2.24) is 0 Å². The van der Waals surface area contributed by atoms with Gasteiger partial charge in [0.25, 0.3) is 0 Å². The Balaban J connectivity index is 1.67. The molecular formula is C32H18Cl2O5. The van der Waals surface area contributed by atoms with Crippen LogP contribution in [0.2, 0.25) is 10.0 Å². The number of hydrogen-bond acceptors (Lipinski definition) is 5. The fourth-order valence-corrected chi connectivity index (χ4v) is 5.88. The molecule has 0 aliphatic carbocycles. The van der Waals surface area contributed by atoms with Crippen LogP contribution in [0.4, 0.5) is 0 Å². The topological polar surface area (TPSA) is 76.0 Å². The number of benzene rings is 5. The fourth-order valence-electron chi connectivity index (χ4n) is 5.63. The van der Waals surface area contributed by atoms with Crippen LogP contribution in [0.25, 0.3) is 22.3 Å². The number of carbonyl (C=O) groups is 1. The van der Waals surface area contributed by atoms with Gasteiger partial charge in [0.15, 0.2) is 5.60 Å². The number of carbonyl (C=O) groups excluding carboxylic acids is 1. The van der Waals surface area contributed by atoms with Crippen LogP contribution < -0.4 is 4.74 Å². The molecule has 0 radical (unpaired) electrons. The van der Waals surface area contributed by atoms with E-state index in [2.05, 4.69) is 0 Å². The summed E-state index contributed by atoms with van der Waals surface area (Å²) in [4.78, 5) is 13.4. The number of rotatable bonds is 2. The first-order valence-corrected chi connectivity index (χ1v) is 12.9. The van der Waals surface area contributed by atoms with Crippen molar-refractivity contribution in [2.24, 2.45) is 0 Å². The number of hydrogen-bond donors (Lipinski definition) is 2. The summed E-state index contributed by atoms with van der Waals surface area (Å²) in [5.74, 6) is 0.0633. The summed E-state index contributed by atoms with van der Waals surface area (Å²) in [6.07, 6.45) is 0. The van der Waals surface area contributed by atoms with Gasteiger partial charge in [-0.2, -0.15) is 0 Å². The van der Waals surface area contributed by atoms with E-state index in [4.69, 9.17) is 32.7 Å². The standard InChI is InChI=1S/C32H18Cl2O5/c33-19-9-5-17(6-10-19)28-25(36)16-27-30(29(28)18-7-11-20(34)12-8-18)32(24-14-13-21(35)15-26(24)38-27)23-4-2-1-3-22(23)31(37)39-32/h1-16,35-36H. The van der Waals surface area contributed by atoms with Crippen molar-refractivity contribution < 1.29 is 24.5 Å². The minimum absolute atomic E-state index is 0.00936. The van der Waals surface area contributed by atoms with Crippen molar-refractivity contribution in [2.75, 3.05) is 0 Å². The Morgan fingerprint density at radius 3 is 2.00 bits per heavy atom. The third-order valence-electron chi connectivity index (χ3n) is 7.22. The van der Waals surface area contributed by atoms with Crippen LogP contribution in [0.1, 0.15) is 27.0 Å². The molecule has 5 aromatic carbocycles. The lowest BCUT2D eigenvalue weighted by molar-refractivity contribution is 0.0226. The summed E-state index contributed by atoms with van der Waals surface area (Å²) in [6, 6.07) is 27.8. The molecule has 1 spiro atoms. The Kier molecular flexibility index (Phi) is 5.17. The van der Waals surface area contributed by atoms with Gasteiger partial charge in [0.1, 0.15) is 23.0 Å². The van der Waals surface area contributed by atoms with E-state index in [-0.39, 0.29) is 17.2 Å². The lowest BCUT2D eigenvalue weighted by Crippen LogP contribution is -2.34. The fraction of sp³-hybridized carbons (Fsp3) is 0.0312.